The third kappa shape index (κ3) is 2.84. The molecule has 1 N–H and O–H groups in total. The number of piperazine rings is 1. The predicted molar refractivity (Wildman–Crippen MR) is 80.8 cm³/mol. The Morgan fingerprint density at radius 3 is 2.39 bits per heavy atom. The Labute approximate surface area is 133 Å². The Morgan fingerprint density at radius 2 is 1.87 bits per heavy atom. The zero-order valence-corrected chi connectivity index (χ0v) is 13.3. The third-order valence-corrected chi connectivity index (χ3v) is 5.01. The summed E-state index contributed by atoms with van der Waals surface area (Å²) in [6.45, 7) is 4.55. The van der Waals surface area contributed by atoms with Gasteiger partial charge in [-0.25, -0.2) is 0 Å². The number of amides is 1. The van der Waals surface area contributed by atoms with E-state index < -0.39 is 17.5 Å². The van der Waals surface area contributed by atoms with Crippen LogP contribution in [0.5, 0.6) is 0 Å². The number of carbonyl (C=O) groups excluding carboxylic acids is 1. The number of rotatable bonds is 2. The summed E-state index contributed by atoms with van der Waals surface area (Å²) in [4.78, 5) is 14.0. The highest BCUT2D eigenvalue weighted by Gasteiger charge is 2.69. The number of aryl methyl sites for hydroxylation is 1. The van der Waals surface area contributed by atoms with Crippen LogP contribution in [-0.4, -0.2) is 36.1 Å². The van der Waals surface area contributed by atoms with Crippen molar-refractivity contribution in [3.63, 3.8) is 0 Å². The lowest BCUT2D eigenvalue weighted by atomic mass is 9.97. The number of alkyl halides is 3. The molecule has 3 rings (SSSR count). The highest BCUT2D eigenvalue weighted by atomic mass is 19.4. The first-order chi connectivity index (χ1) is 10.7. The van der Waals surface area contributed by atoms with Gasteiger partial charge >= 0.3 is 6.18 Å². The lowest BCUT2D eigenvalue weighted by Gasteiger charge is -2.41. The maximum atomic E-state index is 13.2. The number of carbonyl (C=O) groups is 1. The summed E-state index contributed by atoms with van der Waals surface area (Å²) in [5.41, 5.74) is -0.00630. The van der Waals surface area contributed by atoms with Gasteiger partial charge < -0.3 is 10.2 Å². The number of hydrogen-bond acceptors (Lipinski definition) is 2. The van der Waals surface area contributed by atoms with Crippen LogP contribution in [-0.2, 0) is 4.79 Å². The van der Waals surface area contributed by atoms with Crippen LogP contribution in [0.15, 0.2) is 24.3 Å². The summed E-state index contributed by atoms with van der Waals surface area (Å²) in [5, 5.41) is 3.32. The monoisotopic (exact) mass is 326 g/mol. The Morgan fingerprint density at radius 1 is 1.26 bits per heavy atom. The molecule has 1 aliphatic carbocycles. The summed E-state index contributed by atoms with van der Waals surface area (Å²) in [6, 6.07) is 7.51. The maximum Gasteiger partial charge on any atom is 0.403 e. The van der Waals surface area contributed by atoms with Gasteiger partial charge in [0, 0.05) is 25.2 Å². The van der Waals surface area contributed by atoms with Gasteiger partial charge in [0.1, 0.15) is 5.41 Å². The predicted octanol–water partition coefficient (Wildman–Crippen LogP) is 3.20. The minimum absolute atomic E-state index is 0.0822. The second-order valence-corrected chi connectivity index (χ2v) is 6.76. The lowest BCUT2D eigenvalue weighted by Crippen LogP contribution is -2.57. The van der Waals surface area contributed by atoms with Crippen LogP contribution < -0.4 is 5.32 Å². The average Bonchev–Trinajstić information content (AvgIpc) is 3.29. The van der Waals surface area contributed by atoms with E-state index >= 15 is 0 Å². The van der Waals surface area contributed by atoms with E-state index in [0.717, 1.165) is 11.1 Å². The fourth-order valence-electron chi connectivity index (χ4n) is 3.19. The molecule has 1 saturated carbocycles. The van der Waals surface area contributed by atoms with Crippen molar-refractivity contribution >= 4 is 5.91 Å². The fraction of sp³-hybridized carbons (Fsp3) is 0.588. The molecule has 0 bridgehead atoms. The first-order valence-corrected chi connectivity index (χ1v) is 7.92. The van der Waals surface area contributed by atoms with Gasteiger partial charge in [-0.1, -0.05) is 29.8 Å². The van der Waals surface area contributed by atoms with Crippen molar-refractivity contribution in [3.05, 3.63) is 35.4 Å². The average molecular weight is 326 g/mol. The van der Waals surface area contributed by atoms with Crippen LogP contribution in [0.1, 0.15) is 36.9 Å². The summed E-state index contributed by atoms with van der Waals surface area (Å²) >= 11 is 0. The van der Waals surface area contributed by atoms with Gasteiger partial charge in [-0.05, 0) is 32.3 Å². The van der Waals surface area contributed by atoms with Crippen molar-refractivity contribution in [3.8, 4) is 0 Å². The molecule has 23 heavy (non-hydrogen) atoms. The molecule has 2 atom stereocenters. The first kappa shape index (κ1) is 16.3. The summed E-state index contributed by atoms with van der Waals surface area (Å²) < 4.78 is 39.7. The van der Waals surface area contributed by atoms with Crippen molar-refractivity contribution in [2.45, 2.75) is 44.9 Å². The molecule has 0 radical (unpaired) electrons. The minimum atomic E-state index is -4.45. The van der Waals surface area contributed by atoms with Gasteiger partial charge in [-0.3, -0.25) is 4.79 Å². The minimum Gasteiger partial charge on any atom is -0.336 e. The van der Waals surface area contributed by atoms with Gasteiger partial charge in [0.25, 0.3) is 0 Å². The van der Waals surface area contributed by atoms with Crippen LogP contribution in [0.4, 0.5) is 13.2 Å². The number of nitrogens with zero attached hydrogens (tertiary/aromatic N) is 1. The van der Waals surface area contributed by atoms with Crippen molar-refractivity contribution in [2.24, 2.45) is 5.41 Å². The van der Waals surface area contributed by atoms with E-state index in [4.69, 9.17) is 0 Å². The number of nitrogens with one attached hydrogen (secondary N) is 1. The normalized spacial score (nSPS) is 26.9. The van der Waals surface area contributed by atoms with Gasteiger partial charge in [0.05, 0.1) is 0 Å². The lowest BCUT2D eigenvalue weighted by molar-refractivity contribution is -0.200. The Balaban J connectivity index is 1.79. The second kappa shape index (κ2) is 5.51. The summed E-state index contributed by atoms with van der Waals surface area (Å²) in [6.07, 6.45) is -4.61. The van der Waals surface area contributed by atoms with E-state index in [1.165, 1.54) is 4.90 Å². The molecule has 2 aliphatic rings. The molecule has 3 nitrogen and oxygen atoms in total. The van der Waals surface area contributed by atoms with Gasteiger partial charge in [-0.15, -0.1) is 0 Å². The van der Waals surface area contributed by atoms with Crippen LogP contribution in [0.3, 0.4) is 0 Å². The molecule has 1 aliphatic heterocycles. The van der Waals surface area contributed by atoms with Crippen LogP contribution in [0.2, 0.25) is 0 Å². The maximum absolute atomic E-state index is 13.2. The van der Waals surface area contributed by atoms with E-state index in [9.17, 15) is 18.0 Å². The standard InChI is InChI=1S/C17H21F3N2O/c1-11-3-5-13(6-4-11)14-10-22(12(2)9-21-14)15(23)16(7-8-16)17(18,19)20/h3-6,12,14,21H,7-10H2,1-2H3/t12-,14-/m1/s1. The Kier molecular flexibility index (Phi) is 3.91. The van der Waals surface area contributed by atoms with Crippen LogP contribution in [0, 0.1) is 12.3 Å². The first-order valence-electron chi connectivity index (χ1n) is 7.92. The molecular weight excluding hydrogens is 305 g/mol. The largest absolute Gasteiger partial charge is 0.403 e. The number of halogens is 3. The van der Waals surface area contributed by atoms with Gasteiger partial charge in [0.15, 0.2) is 0 Å². The molecule has 2 fully saturated rings. The number of hydrogen-bond donors (Lipinski definition) is 1. The molecule has 0 unspecified atom stereocenters. The van der Waals surface area contributed by atoms with E-state index in [1.807, 2.05) is 31.2 Å². The fourth-order valence-corrected chi connectivity index (χ4v) is 3.19. The summed E-state index contributed by atoms with van der Waals surface area (Å²) in [5.74, 6) is -0.754. The molecule has 1 heterocycles. The van der Waals surface area contributed by atoms with E-state index in [2.05, 4.69) is 5.32 Å². The molecular formula is C17H21F3N2O. The third-order valence-electron chi connectivity index (χ3n) is 5.01. The van der Waals surface area contributed by atoms with Crippen molar-refractivity contribution in [1.82, 2.24) is 10.2 Å². The Hall–Kier alpha value is -1.56. The summed E-state index contributed by atoms with van der Waals surface area (Å²) in [7, 11) is 0. The molecule has 126 valence electrons. The van der Waals surface area contributed by atoms with E-state index in [1.54, 1.807) is 6.92 Å². The molecule has 1 aromatic rings. The number of benzene rings is 1. The zero-order chi connectivity index (χ0) is 16.8. The van der Waals surface area contributed by atoms with Gasteiger partial charge in [-0.2, -0.15) is 13.2 Å². The van der Waals surface area contributed by atoms with Crippen molar-refractivity contribution in [1.29, 1.82) is 0 Å². The SMILES string of the molecule is Cc1ccc([C@H]2CN(C(=O)C3(C(F)(F)F)CC3)[C@H](C)CN2)cc1. The highest BCUT2D eigenvalue weighted by molar-refractivity contribution is 5.86. The highest BCUT2D eigenvalue weighted by Crippen LogP contribution is 2.59. The molecule has 1 aromatic carbocycles. The zero-order valence-electron chi connectivity index (χ0n) is 13.3. The molecule has 6 heteroatoms. The molecule has 1 saturated heterocycles. The van der Waals surface area contributed by atoms with Crippen LogP contribution in [0.25, 0.3) is 0 Å². The smallest absolute Gasteiger partial charge is 0.336 e. The Bertz CT molecular complexity index is 593. The van der Waals surface area contributed by atoms with Crippen LogP contribution >= 0.6 is 0 Å². The van der Waals surface area contributed by atoms with Gasteiger partial charge in [0.2, 0.25) is 5.91 Å². The molecule has 1 amide bonds. The van der Waals surface area contributed by atoms with Crippen molar-refractivity contribution < 1.29 is 18.0 Å². The van der Waals surface area contributed by atoms with E-state index in [0.29, 0.717) is 6.54 Å². The van der Waals surface area contributed by atoms with Crippen molar-refractivity contribution in [2.75, 3.05) is 13.1 Å². The second-order valence-electron chi connectivity index (χ2n) is 6.76. The quantitative estimate of drug-likeness (QED) is 0.905. The topological polar surface area (TPSA) is 32.3 Å². The van der Waals surface area contributed by atoms with E-state index in [-0.39, 0.29) is 31.5 Å². The molecule has 0 aromatic heterocycles. The molecule has 0 spiro atoms.